The topological polar surface area (TPSA) is 24.5 Å². The van der Waals surface area contributed by atoms with Gasteiger partial charge in [0.1, 0.15) is 6.10 Å². The predicted molar refractivity (Wildman–Crippen MR) is 52.5 cm³/mol. The molecule has 2 rings (SSSR count). The third kappa shape index (κ3) is 2.57. The predicted octanol–water partition coefficient (Wildman–Crippen LogP) is 0.360. The number of piperazine rings is 1. The largest absolute Gasteiger partial charge is 0.493 e. The highest BCUT2D eigenvalue weighted by Crippen LogP contribution is 2.05. The molecule has 0 saturated carbocycles. The van der Waals surface area contributed by atoms with E-state index < -0.39 is 0 Å². The van der Waals surface area contributed by atoms with Crippen molar-refractivity contribution in [1.29, 1.82) is 0 Å². The molecule has 2 aliphatic heterocycles. The molecule has 0 amide bonds. The van der Waals surface area contributed by atoms with E-state index in [1.165, 1.54) is 0 Å². The van der Waals surface area contributed by atoms with Gasteiger partial charge in [0.2, 0.25) is 0 Å². The fourth-order valence-electron chi connectivity index (χ4n) is 1.68. The quantitative estimate of drug-likeness (QED) is 0.664. The molecule has 0 spiro atoms. The molecular formula is C10H16N2O. The Labute approximate surface area is 79.1 Å². The van der Waals surface area contributed by atoms with Gasteiger partial charge in [0, 0.05) is 32.7 Å². The second-order valence-electron chi connectivity index (χ2n) is 3.44. The van der Waals surface area contributed by atoms with Crippen LogP contribution in [0.25, 0.3) is 0 Å². The molecule has 3 heteroatoms. The maximum atomic E-state index is 5.45. The van der Waals surface area contributed by atoms with Gasteiger partial charge in [0.15, 0.2) is 0 Å². The molecule has 0 aromatic rings. The van der Waals surface area contributed by atoms with Crippen molar-refractivity contribution >= 4 is 0 Å². The minimum absolute atomic E-state index is 0.253. The summed E-state index contributed by atoms with van der Waals surface area (Å²) in [6, 6.07) is 0. The SMILES string of the molecule is C1=CO[C@@H](CN2CCNCC2)C=C1. The van der Waals surface area contributed by atoms with E-state index in [0.29, 0.717) is 0 Å². The van der Waals surface area contributed by atoms with Crippen LogP contribution in [0.15, 0.2) is 24.5 Å². The van der Waals surface area contributed by atoms with Crippen LogP contribution in [-0.4, -0.2) is 43.7 Å². The van der Waals surface area contributed by atoms with Crippen molar-refractivity contribution in [2.45, 2.75) is 6.10 Å². The number of hydrogen-bond acceptors (Lipinski definition) is 3. The summed E-state index contributed by atoms with van der Waals surface area (Å²) in [5, 5.41) is 3.34. The van der Waals surface area contributed by atoms with Gasteiger partial charge in [0.05, 0.1) is 6.26 Å². The minimum atomic E-state index is 0.253. The Bertz CT molecular complexity index is 207. The van der Waals surface area contributed by atoms with Gasteiger partial charge < -0.3 is 10.1 Å². The van der Waals surface area contributed by atoms with E-state index in [2.05, 4.69) is 22.4 Å². The summed E-state index contributed by atoms with van der Waals surface area (Å²) in [6.45, 7) is 5.50. The van der Waals surface area contributed by atoms with Crippen molar-refractivity contribution in [3.05, 3.63) is 24.5 Å². The minimum Gasteiger partial charge on any atom is -0.493 e. The fraction of sp³-hybridized carbons (Fsp3) is 0.600. The molecule has 2 aliphatic rings. The summed E-state index contributed by atoms with van der Waals surface area (Å²) < 4.78 is 5.45. The van der Waals surface area contributed by atoms with Gasteiger partial charge >= 0.3 is 0 Å². The zero-order valence-electron chi connectivity index (χ0n) is 7.78. The van der Waals surface area contributed by atoms with Crippen LogP contribution in [0.3, 0.4) is 0 Å². The molecule has 1 saturated heterocycles. The first-order chi connectivity index (χ1) is 6.45. The van der Waals surface area contributed by atoms with E-state index in [-0.39, 0.29) is 6.10 Å². The van der Waals surface area contributed by atoms with Crippen molar-refractivity contribution in [1.82, 2.24) is 10.2 Å². The molecule has 0 aliphatic carbocycles. The van der Waals surface area contributed by atoms with Gasteiger partial charge in [-0.3, -0.25) is 4.90 Å². The first-order valence-corrected chi connectivity index (χ1v) is 4.87. The summed E-state index contributed by atoms with van der Waals surface area (Å²) in [7, 11) is 0. The lowest BCUT2D eigenvalue weighted by molar-refractivity contribution is 0.117. The average Bonchev–Trinajstić information content (AvgIpc) is 2.21. The number of rotatable bonds is 2. The molecule has 0 bridgehead atoms. The van der Waals surface area contributed by atoms with Crippen molar-refractivity contribution in [3.63, 3.8) is 0 Å². The lowest BCUT2D eigenvalue weighted by Gasteiger charge is -2.29. The van der Waals surface area contributed by atoms with Gasteiger partial charge in [-0.05, 0) is 12.2 Å². The molecule has 0 aromatic heterocycles. The number of ether oxygens (including phenoxy) is 1. The molecule has 0 unspecified atom stereocenters. The highest BCUT2D eigenvalue weighted by atomic mass is 16.5. The van der Waals surface area contributed by atoms with E-state index >= 15 is 0 Å². The van der Waals surface area contributed by atoms with Crippen LogP contribution in [0.5, 0.6) is 0 Å². The Morgan fingerprint density at radius 2 is 2.15 bits per heavy atom. The van der Waals surface area contributed by atoms with Gasteiger partial charge in [-0.25, -0.2) is 0 Å². The first kappa shape index (κ1) is 8.78. The highest BCUT2D eigenvalue weighted by Gasteiger charge is 2.14. The Balaban J connectivity index is 1.76. The highest BCUT2D eigenvalue weighted by molar-refractivity contribution is 5.08. The molecule has 72 valence electrons. The smallest absolute Gasteiger partial charge is 0.129 e. The van der Waals surface area contributed by atoms with Crippen molar-refractivity contribution in [2.24, 2.45) is 0 Å². The van der Waals surface area contributed by atoms with Crippen LogP contribution < -0.4 is 5.32 Å². The molecule has 1 atom stereocenters. The van der Waals surface area contributed by atoms with Crippen LogP contribution in [0.1, 0.15) is 0 Å². The normalized spacial score (nSPS) is 28.8. The van der Waals surface area contributed by atoms with Crippen molar-refractivity contribution < 1.29 is 4.74 Å². The summed E-state index contributed by atoms with van der Waals surface area (Å²) in [6.07, 6.45) is 8.11. The maximum absolute atomic E-state index is 5.45. The number of nitrogens with zero attached hydrogens (tertiary/aromatic N) is 1. The second kappa shape index (κ2) is 4.44. The third-order valence-electron chi connectivity index (χ3n) is 2.42. The second-order valence-corrected chi connectivity index (χ2v) is 3.44. The Kier molecular flexibility index (Phi) is 3.00. The van der Waals surface area contributed by atoms with Crippen LogP contribution in [-0.2, 0) is 4.74 Å². The van der Waals surface area contributed by atoms with Gasteiger partial charge in [-0.15, -0.1) is 0 Å². The van der Waals surface area contributed by atoms with Crippen LogP contribution >= 0.6 is 0 Å². The molecule has 3 nitrogen and oxygen atoms in total. The zero-order valence-corrected chi connectivity index (χ0v) is 7.78. The Hall–Kier alpha value is -0.800. The van der Waals surface area contributed by atoms with E-state index in [1.807, 2.05) is 6.08 Å². The summed E-state index contributed by atoms with van der Waals surface area (Å²) in [5.74, 6) is 0. The lowest BCUT2D eigenvalue weighted by Crippen LogP contribution is -2.46. The molecule has 1 fully saturated rings. The lowest BCUT2D eigenvalue weighted by atomic mass is 10.2. The summed E-state index contributed by atoms with van der Waals surface area (Å²) in [5.41, 5.74) is 0. The van der Waals surface area contributed by atoms with Crippen LogP contribution in [0, 0.1) is 0 Å². The average molecular weight is 180 g/mol. The third-order valence-corrected chi connectivity index (χ3v) is 2.42. The van der Waals surface area contributed by atoms with E-state index in [9.17, 15) is 0 Å². The van der Waals surface area contributed by atoms with Crippen LogP contribution in [0.4, 0.5) is 0 Å². The van der Waals surface area contributed by atoms with E-state index in [4.69, 9.17) is 4.74 Å². The monoisotopic (exact) mass is 180 g/mol. The number of hydrogen-bond donors (Lipinski definition) is 1. The number of allylic oxidation sites excluding steroid dienone is 2. The van der Waals surface area contributed by atoms with Crippen LogP contribution in [0.2, 0.25) is 0 Å². The summed E-state index contributed by atoms with van der Waals surface area (Å²) in [4.78, 5) is 2.44. The summed E-state index contributed by atoms with van der Waals surface area (Å²) >= 11 is 0. The van der Waals surface area contributed by atoms with Gasteiger partial charge in [-0.1, -0.05) is 6.08 Å². The number of nitrogens with one attached hydrogen (secondary N) is 1. The maximum Gasteiger partial charge on any atom is 0.129 e. The molecule has 13 heavy (non-hydrogen) atoms. The van der Waals surface area contributed by atoms with Gasteiger partial charge in [-0.2, -0.15) is 0 Å². The van der Waals surface area contributed by atoms with E-state index in [1.54, 1.807) is 6.26 Å². The first-order valence-electron chi connectivity index (χ1n) is 4.87. The molecule has 0 aromatic carbocycles. The Morgan fingerprint density at radius 3 is 2.85 bits per heavy atom. The molecular weight excluding hydrogens is 164 g/mol. The standard InChI is InChI=1S/C10H16N2O/c1-2-8-13-10(3-1)9-12-6-4-11-5-7-12/h1-3,8,10-11H,4-7,9H2/t10-/m1/s1. The molecule has 0 radical (unpaired) electrons. The van der Waals surface area contributed by atoms with Crippen molar-refractivity contribution in [3.8, 4) is 0 Å². The molecule has 2 heterocycles. The van der Waals surface area contributed by atoms with E-state index in [0.717, 1.165) is 32.7 Å². The molecule has 1 N–H and O–H groups in total. The Morgan fingerprint density at radius 1 is 1.31 bits per heavy atom. The van der Waals surface area contributed by atoms with Gasteiger partial charge in [0.25, 0.3) is 0 Å². The zero-order chi connectivity index (χ0) is 8.93. The fourth-order valence-corrected chi connectivity index (χ4v) is 1.68. The van der Waals surface area contributed by atoms with Crippen molar-refractivity contribution in [2.75, 3.05) is 32.7 Å².